The Hall–Kier alpha value is -3.73. The maximum Gasteiger partial charge on any atom is 0.322 e. The Bertz CT molecular complexity index is 992. The molecule has 0 atom stereocenters. The van der Waals surface area contributed by atoms with E-state index in [1.165, 1.54) is 0 Å². The van der Waals surface area contributed by atoms with Gasteiger partial charge in [-0.1, -0.05) is 84.0 Å². The van der Waals surface area contributed by atoms with Gasteiger partial charge in [0.05, 0.1) is 0 Å². The predicted molar refractivity (Wildman–Crippen MR) is 108 cm³/mol. The third-order valence-electron chi connectivity index (χ3n) is 4.49. The van der Waals surface area contributed by atoms with Gasteiger partial charge >= 0.3 is 6.01 Å². The average molecular weight is 369 g/mol. The monoisotopic (exact) mass is 369 g/mol. The molecule has 0 saturated heterocycles. The van der Waals surface area contributed by atoms with Gasteiger partial charge in [-0.15, -0.1) is 5.10 Å². The van der Waals surface area contributed by atoms with Crippen LogP contribution in [-0.4, -0.2) is 16.1 Å². The van der Waals surface area contributed by atoms with Gasteiger partial charge < -0.3 is 4.42 Å². The van der Waals surface area contributed by atoms with Crippen molar-refractivity contribution in [2.75, 3.05) is 5.32 Å². The van der Waals surface area contributed by atoms with Crippen molar-refractivity contribution in [2.45, 2.75) is 12.3 Å². The number of nitrogens with one attached hydrogen (secondary N) is 1. The fourth-order valence-corrected chi connectivity index (χ4v) is 3.13. The molecule has 0 unspecified atom stereocenters. The van der Waals surface area contributed by atoms with E-state index in [1.54, 1.807) is 0 Å². The summed E-state index contributed by atoms with van der Waals surface area (Å²) in [6.07, 6.45) is 0.275. The lowest BCUT2D eigenvalue weighted by molar-refractivity contribution is -0.116. The molecule has 0 aliphatic heterocycles. The van der Waals surface area contributed by atoms with E-state index in [9.17, 15) is 4.79 Å². The lowest BCUT2D eigenvalue weighted by atomic mass is 9.88. The van der Waals surface area contributed by atoms with Crippen LogP contribution in [0.4, 0.5) is 6.01 Å². The summed E-state index contributed by atoms with van der Waals surface area (Å²) in [5.41, 5.74) is 2.97. The van der Waals surface area contributed by atoms with Crippen molar-refractivity contribution in [3.8, 4) is 11.5 Å². The van der Waals surface area contributed by atoms with Crippen LogP contribution in [0.15, 0.2) is 95.4 Å². The Morgan fingerprint density at radius 3 is 1.89 bits per heavy atom. The first-order valence-electron chi connectivity index (χ1n) is 9.08. The molecule has 0 bridgehead atoms. The maximum absolute atomic E-state index is 12.7. The van der Waals surface area contributed by atoms with Gasteiger partial charge in [-0.3, -0.25) is 10.1 Å². The van der Waals surface area contributed by atoms with Gasteiger partial charge in [0.1, 0.15) is 0 Å². The second-order valence-electron chi connectivity index (χ2n) is 6.40. The minimum absolute atomic E-state index is 0.0566. The molecule has 1 N–H and O–H groups in total. The largest absolute Gasteiger partial charge is 0.403 e. The molecule has 0 saturated carbocycles. The van der Waals surface area contributed by atoms with Gasteiger partial charge in [0, 0.05) is 17.9 Å². The highest BCUT2D eigenvalue weighted by atomic mass is 16.4. The summed E-state index contributed by atoms with van der Waals surface area (Å²) >= 11 is 0. The van der Waals surface area contributed by atoms with Crippen LogP contribution in [0.3, 0.4) is 0 Å². The summed E-state index contributed by atoms with van der Waals surface area (Å²) in [6.45, 7) is 0. The van der Waals surface area contributed by atoms with Gasteiger partial charge in [0.2, 0.25) is 11.8 Å². The molecule has 138 valence electrons. The fourth-order valence-electron chi connectivity index (χ4n) is 3.13. The summed E-state index contributed by atoms with van der Waals surface area (Å²) in [5.74, 6) is 0.137. The number of carbonyl (C=O) groups excluding carboxylic acids is 1. The van der Waals surface area contributed by atoms with Crippen LogP contribution in [0.1, 0.15) is 23.5 Å². The normalized spacial score (nSPS) is 10.8. The molecule has 1 heterocycles. The second-order valence-corrected chi connectivity index (χ2v) is 6.40. The van der Waals surface area contributed by atoms with Gasteiger partial charge in [0.15, 0.2) is 0 Å². The maximum atomic E-state index is 12.7. The van der Waals surface area contributed by atoms with Crippen molar-refractivity contribution < 1.29 is 9.21 Å². The third-order valence-corrected chi connectivity index (χ3v) is 4.49. The van der Waals surface area contributed by atoms with E-state index < -0.39 is 0 Å². The highest BCUT2D eigenvalue weighted by Crippen LogP contribution is 2.28. The van der Waals surface area contributed by atoms with Gasteiger partial charge in [-0.05, 0) is 23.3 Å². The zero-order valence-corrected chi connectivity index (χ0v) is 15.2. The first kappa shape index (κ1) is 17.7. The molecule has 0 aliphatic carbocycles. The topological polar surface area (TPSA) is 68.0 Å². The van der Waals surface area contributed by atoms with Crippen molar-refractivity contribution in [1.82, 2.24) is 10.2 Å². The molecular weight excluding hydrogens is 350 g/mol. The van der Waals surface area contributed by atoms with E-state index >= 15 is 0 Å². The highest BCUT2D eigenvalue weighted by molar-refractivity contribution is 5.89. The molecule has 5 heteroatoms. The van der Waals surface area contributed by atoms with Crippen LogP contribution in [0, 0.1) is 0 Å². The molecule has 0 spiro atoms. The Morgan fingerprint density at radius 2 is 1.32 bits per heavy atom. The van der Waals surface area contributed by atoms with E-state index in [0.29, 0.717) is 5.89 Å². The average Bonchev–Trinajstić information content (AvgIpc) is 3.22. The van der Waals surface area contributed by atoms with Gasteiger partial charge in [-0.2, -0.15) is 0 Å². The SMILES string of the molecule is O=C(CC(c1ccccc1)c1ccccc1)Nc1nnc(-c2ccccc2)o1. The van der Waals surface area contributed by atoms with Crippen LogP contribution in [0.25, 0.3) is 11.5 Å². The van der Waals surface area contributed by atoms with Crippen molar-refractivity contribution in [3.05, 3.63) is 102 Å². The Labute approximate surface area is 163 Å². The van der Waals surface area contributed by atoms with E-state index in [0.717, 1.165) is 16.7 Å². The zero-order valence-electron chi connectivity index (χ0n) is 15.2. The molecular formula is C23H19N3O2. The molecule has 4 aromatic rings. The number of anilines is 1. The molecule has 5 nitrogen and oxygen atoms in total. The fraction of sp³-hybridized carbons (Fsp3) is 0.0870. The number of hydrogen-bond donors (Lipinski definition) is 1. The summed E-state index contributed by atoms with van der Waals surface area (Å²) in [5, 5.41) is 10.7. The number of hydrogen-bond acceptors (Lipinski definition) is 4. The van der Waals surface area contributed by atoms with Crippen LogP contribution < -0.4 is 5.32 Å². The second kappa shape index (κ2) is 8.31. The summed E-state index contributed by atoms with van der Waals surface area (Å²) < 4.78 is 5.58. The Kier molecular flexibility index (Phi) is 5.24. The number of rotatable bonds is 6. The lowest BCUT2D eigenvalue weighted by Gasteiger charge is -2.17. The standard InChI is InChI=1S/C23H19N3O2/c27-21(24-23-26-25-22(28-23)19-14-8-3-9-15-19)16-20(17-10-4-1-5-11-17)18-12-6-2-7-13-18/h1-15,20H,16H2,(H,24,26,27). The van der Waals surface area contributed by atoms with Crippen molar-refractivity contribution in [3.63, 3.8) is 0 Å². The van der Waals surface area contributed by atoms with Crippen molar-refractivity contribution >= 4 is 11.9 Å². The lowest BCUT2D eigenvalue weighted by Crippen LogP contribution is -2.16. The van der Waals surface area contributed by atoms with Crippen molar-refractivity contribution in [2.24, 2.45) is 0 Å². The summed E-state index contributed by atoms with van der Waals surface area (Å²) in [6, 6.07) is 29.5. The zero-order chi connectivity index (χ0) is 19.2. The van der Waals surface area contributed by atoms with E-state index in [4.69, 9.17) is 4.42 Å². The van der Waals surface area contributed by atoms with Gasteiger partial charge in [0.25, 0.3) is 0 Å². The Morgan fingerprint density at radius 1 is 0.786 bits per heavy atom. The minimum atomic E-state index is -0.180. The van der Waals surface area contributed by atoms with E-state index in [2.05, 4.69) is 15.5 Å². The highest BCUT2D eigenvalue weighted by Gasteiger charge is 2.19. The smallest absolute Gasteiger partial charge is 0.322 e. The van der Waals surface area contributed by atoms with E-state index in [1.807, 2.05) is 91.0 Å². The molecule has 4 rings (SSSR count). The molecule has 0 radical (unpaired) electrons. The molecule has 0 fully saturated rings. The number of amides is 1. The molecule has 0 aliphatic rings. The predicted octanol–water partition coefficient (Wildman–Crippen LogP) is 4.90. The number of nitrogens with zero attached hydrogens (tertiary/aromatic N) is 2. The van der Waals surface area contributed by atoms with Crippen LogP contribution >= 0.6 is 0 Å². The number of aromatic nitrogens is 2. The number of carbonyl (C=O) groups is 1. The van der Waals surface area contributed by atoms with Gasteiger partial charge in [-0.25, -0.2) is 0 Å². The molecule has 3 aromatic carbocycles. The minimum Gasteiger partial charge on any atom is -0.403 e. The number of benzene rings is 3. The first-order valence-corrected chi connectivity index (χ1v) is 9.08. The van der Waals surface area contributed by atoms with E-state index in [-0.39, 0.29) is 24.3 Å². The molecule has 1 amide bonds. The van der Waals surface area contributed by atoms with Crippen LogP contribution in [0.5, 0.6) is 0 Å². The quantitative estimate of drug-likeness (QED) is 0.525. The third kappa shape index (κ3) is 4.15. The Balaban J connectivity index is 1.50. The summed E-state index contributed by atoms with van der Waals surface area (Å²) in [7, 11) is 0. The molecule has 28 heavy (non-hydrogen) atoms. The molecule has 1 aromatic heterocycles. The van der Waals surface area contributed by atoms with Crippen LogP contribution in [0.2, 0.25) is 0 Å². The van der Waals surface area contributed by atoms with Crippen molar-refractivity contribution in [1.29, 1.82) is 0 Å². The van der Waals surface area contributed by atoms with Crippen LogP contribution in [-0.2, 0) is 4.79 Å². The summed E-state index contributed by atoms with van der Waals surface area (Å²) in [4.78, 5) is 12.7. The first-order chi connectivity index (χ1) is 13.8.